The number of carbonyl (C=O) groups excluding carboxylic acids is 2. The number of fused-ring (bicyclic) bond motifs is 1. The van der Waals surface area contributed by atoms with Gasteiger partial charge in [-0.25, -0.2) is 4.98 Å². The van der Waals surface area contributed by atoms with Crippen molar-refractivity contribution in [3.63, 3.8) is 0 Å². The molecule has 1 saturated heterocycles. The summed E-state index contributed by atoms with van der Waals surface area (Å²) in [5, 5.41) is 3.89. The van der Waals surface area contributed by atoms with Crippen LogP contribution in [0.5, 0.6) is 0 Å². The molecule has 1 fully saturated rings. The SMILES string of the molecule is COCC(C)NC(=O)c1ccc(N2CCN(C(=O)c3c(-c4ccccc4)n(C)c4ccc(C)cc34)CC2)nc1. The summed E-state index contributed by atoms with van der Waals surface area (Å²) in [6.45, 7) is 6.92. The van der Waals surface area contributed by atoms with Gasteiger partial charge in [0.1, 0.15) is 5.82 Å². The van der Waals surface area contributed by atoms with Gasteiger partial charge in [0.2, 0.25) is 0 Å². The molecule has 5 rings (SSSR count). The van der Waals surface area contributed by atoms with E-state index in [9.17, 15) is 9.59 Å². The van der Waals surface area contributed by atoms with Gasteiger partial charge in [0.05, 0.1) is 23.4 Å². The number of nitrogens with one attached hydrogen (secondary N) is 1. The summed E-state index contributed by atoms with van der Waals surface area (Å²) in [6.07, 6.45) is 1.60. The number of pyridine rings is 1. The molecule has 1 N–H and O–H groups in total. The molecule has 2 aromatic carbocycles. The van der Waals surface area contributed by atoms with Gasteiger partial charge in [-0.3, -0.25) is 9.59 Å². The van der Waals surface area contributed by atoms with Gasteiger partial charge in [0.15, 0.2) is 0 Å². The number of amides is 2. The summed E-state index contributed by atoms with van der Waals surface area (Å²) < 4.78 is 7.21. The fraction of sp³-hybridized carbons (Fsp3) is 0.323. The van der Waals surface area contributed by atoms with Crippen molar-refractivity contribution in [3.8, 4) is 11.3 Å². The summed E-state index contributed by atoms with van der Waals surface area (Å²) in [7, 11) is 3.64. The molecule has 3 heterocycles. The molecule has 2 amide bonds. The van der Waals surface area contributed by atoms with Crippen molar-refractivity contribution in [2.75, 3.05) is 44.8 Å². The zero-order valence-electron chi connectivity index (χ0n) is 23.0. The molecule has 0 spiro atoms. The Morgan fingerprint density at radius 1 is 1.03 bits per heavy atom. The average molecular weight is 526 g/mol. The van der Waals surface area contributed by atoms with Crippen LogP contribution >= 0.6 is 0 Å². The summed E-state index contributed by atoms with van der Waals surface area (Å²) in [4.78, 5) is 35.1. The second kappa shape index (κ2) is 11.3. The smallest absolute Gasteiger partial charge is 0.256 e. The zero-order chi connectivity index (χ0) is 27.5. The van der Waals surface area contributed by atoms with Crippen molar-refractivity contribution in [1.29, 1.82) is 0 Å². The number of carbonyl (C=O) groups is 2. The van der Waals surface area contributed by atoms with Crippen LogP contribution in [-0.2, 0) is 11.8 Å². The van der Waals surface area contributed by atoms with Crippen LogP contribution in [0.2, 0.25) is 0 Å². The molecule has 202 valence electrons. The third-order valence-corrected chi connectivity index (χ3v) is 7.31. The van der Waals surface area contributed by atoms with Crippen LogP contribution in [0, 0.1) is 6.92 Å². The van der Waals surface area contributed by atoms with E-state index in [-0.39, 0.29) is 17.9 Å². The highest BCUT2D eigenvalue weighted by Crippen LogP contribution is 2.35. The number of rotatable bonds is 7. The Hall–Kier alpha value is -4.17. The Morgan fingerprint density at radius 2 is 1.77 bits per heavy atom. The third kappa shape index (κ3) is 5.38. The molecule has 8 heteroatoms. The van der Waals surface area contributed by atoms with Crippen molar-refractivity contribution in [2.24, 2.45) is 7.05 Å². The topological polar surface area (TPSA) is 79.7 Å². The van der Waals surface area contributed by atoms with E-state index in [4.69, 9.17) is 4.74 Å². The van der Waals surface area contributed by atoms with E-state index in [2.05, 4.69) is 57.0 Å². The van der Waals surface area contributed by atoms with Gasteiger partial charge in [0, 0.05) is 63.5 Å². The molecule has 0 bridgehead atoms. The van der Waals surface area contributed by atoms with E-state index in [1.54, 1.807) is 19.4 Å². The van der Waals surface area contributed by atoms with Crippen molar-refractivity contribution in [2.45, 2.75) is 19.9 Å². The molecule has 1 atom stereocenters. The van der Waals surface area contributed by atoms with Crippen LogP contribution in [0.4, 0.5) is 5.82 Å². The Kier molecular flexibility index (Phi) is 7.65. The number of ether oxygens (including phenoxy) is 1. The van der Waals surface area contributed by atoms with E-state index in [1.165, 1.54) is 0 Å². The first-order valence-electron chi connectivity index (χ1n) is 13.3. The van der Waals surface area contributed by atoms with Crippen LogP contribution in [0.1, 0.15) is 33.2 Å². The van der Waals surface area contributed by atoms with E-state index in [0.717, 1.165) is 39.1 Å². The van der Waals surface area contributed by atoms with Gasteiger partial charge < -0.3 is 24.4 Å². The average Bonchev–Trinajstić information content (AvgIpc) is 3.24. The minimum absolute atomic E-state index is 0.0508. The van der Waals surface area contributed by atoms with Crippen LogP contribution in [0.25, 0.3) is 22.2 Å². The fourth-order valence-corrected chi connectivity index (χ4v) is 5.31. The minimum Gasteiger partial charge on any atom is -0.383 e. The van der Waals surface area contributed by atoms with Crippen LogP contribution in [-0.4, -0.2) is 72.2 Å². The summed E-state index contributed by atoms with van der Waals surface area (Å²) in [5.41, 5.74) is 5.41. The largest absolute Gasteiger partial charge is 0.383 e. The normalized spacial score (nSPS) is 14.5. The number of methoxy groups -OCH3 is 1. The highest BCUT2D eigenvalue weighted by Gasteiger charge is 2.29. The monoisotopic (exact) mass is 525 g/mol. The molecule has 1 aliphatic heterocycles. The number of piperazine rings is 1. The number of hydrogen-bond donors (Lipinski definition) is 1. The minimum atomic E-state index is -0.173. The van der Waals surface area contributed by atoms with Crippen molar-refractivity contribution in [3.05, 3.63) is 83.6 Å². The van der Waals surface area contributed by atoms with Crippen molar-refractivity contribution in [1.82, 2.24) is 19.8 Å². The fourth-order valence-electron chi connectivity index (χ4n) is 5.31. The Balaban J connectivity index is 1.33. The van der Waals surface area contributed by atoms with Crippen LogP contribution in [0.3, 0.4) is 0 Å². The lowest BCUT2D eigenvalue weighted by Gasteiger charge is -2.35. The molecule has 1 aliphatic rings. The standard InChI is InChI=1S/C31H35N5O3/c1-21-10-12-26-25(18-21)28(29(34(26)3)23-8-6-5-7-9-23)31(38)36-16-14-35(15-17-36)27-13-11-24(19-32-27)30(37)33-22(2)20-39-4/h5-13,18-19,22H,14-17,20H2,1-4H3,(H,33,37). The lowest BCUT2D eigenvalue weighted by atomic mass is 10.0. The van der Waals surface area contributed by atoms with E-state index in [1.807, 2.05) is 43.1 Å². The maximum atomic E-state index is 14.1. The number of nitrogens with zero attached hydrogens (tertiary/aromatic N) is 4. The first-order chi connectivity index (χ1) is 18.9. The number of hydrogen-bond acceptors (Lipinski definition) is 5. The molecule has 0 radical (unpaired) electrons. The maximum Gasteiger partial charge on any atom is 0.256 e. The second-order valence-corrected chi connectivity index (χ2v) is 10.2. The Bertz CT molecular complexity index is 1470. The maximum absolute atomic E-state index is 14.1. The molecule has 39 heavy (non-hydrogen) atoms. The predicted molar refractivity (Wildman–Crippen MR) is 154 cm³/mol. The van der Waals surface area contributed by atoms with Crippen LogP contribution in [0.15, 0.2) is 66.9 Å². The summed E-state index contributed by atoms with van der Waals surface area (Å²) in [5.74, 6) is 0.678. The molecule has 0 saturated carbocycles. The Morgan fingerprint density at radius 3 is 2.44 bits per heavy atom. The van der Waals surface area contributed by atoms with Crippen molar-refractivity contribution >= 4 is 28.5 Å². The highest BCUT2D eigenvalue weighted by molar-refractivity contribution is 6.13. The van der Waals surface area contributed by atoms with Crippen molar-refractivity contribution < 1.29 is 14.3 Å². The van der Waals surface area contributed by atoms with Gasteiger partial charge in [-0.05, 0) is 43.7 Å². The van der Waals surface area contributed by atoms with E-state index >= 15 is 0 Å². The lowest BCUT2D eigenvalue weighted by molar-refractivity contribution is 0.0748. The predicted octanol–water partition coefficient (Wildman–Crippen LogP) is 4.28. The molecule has 8 nitrogen and oxygen atoms in total. The van der Waals surface area contributed by atoms with Gasteiger partial charge in [-0.2, -0.15) is 0 Å². The number of anilines is 1. The summed E-state index contributed by atoms with van der Waals surface area (Å²) in [6, 6.07) is 20.0. The van der Waals surface area contributed by atoms with Gasteiger partial charge >= 0.3 is 0 Å². The summed E-state index contributed by atoms with van der Waals surface area (Å²) >= 11 is 0. The second-order valence-electron chi connectivity index (χ2n) is 10.2. The molecule has 1 unspecified atom stereocenters. The number of aryl methyl sites for hydroxylation is 2. The molecule has 2 aromatic heterocycles. The van der Waals surface area contributed by atoms with E-state index < -0.39 is 0 Å². The van der Waals surface area contributed by atoms with Crippen LogP contribution < -0.4 is 10.2 Å². The van der Waals surface area contributed by atoms with Gasteiger partial charge in [-0.15, -0.1) is 0 Å². The molecular formula is C31H35N5O3. The number of benzene rings is 2. The molecule has 4 aromatic rings. The first-order valence-corrected chi connectivity index (χ1v) is 13.3. The third-order valence-electron chi connectivity index (χ3n) is 7.31. The zero-order valence-corrected chi connectivity index (χ0v) is 23.0. The number of aromatic nitrogens is 2. The van der Waals surface area contributed by atoms with Gasteiger partial charge in [-0.1, -0.05) is 42.0 Å². The molecule has 0 aliphatic carbocycles. The quantitative estimate of drug-likeness (QED) is 0.390. The molecular weight excluding hydrogens is 490 g/mol. The van der Waals surface area contributed by atoms with Gasteiger partial charge in [0.25, 0.3) is 11.8 Å². The Labute approximate surface area is 229 Å². The first kappa shape index (κ1) is 26.4. The lowest BCUT2D eigenvalue weighted by Crippen LogP contribution is -2.49. The van der Waals surface area contributed by atoms with E-state index in [0.29, 0.717) is 38.3 Å². The highest BCUT2D eigenvalue weighted by atomic mass is 16.5.